The molecule has 42 heavy (non-hydrogen) atoms. The molecule has 0 aliphatic carbocycles. The summed E-state index contributed by atoms with van der Waals surface area (Å²) in [6.07, 6.45) is 11.3. The van der Waals surface area contributed by atoms with Gasteiger partial charge >= 0.3 is 0 Å². The lowest BCUT2D eigenvalue weighted by molar-refractivity contribution is -0.185. The van der Waals surface area contributed by atoms with Crippen LogP contribution in [0.5, 0.6) is 0 Å². The van der Waals surface area contributed by atoms with Crippen molar-refractivity contribution in [2.45, 2.75) is 114 Å². The Labute approximate surface area is 271 Å². The second-order valence-corrected chi connectivity index (χ2v) is 17.8. The zero-order chi connectivity index (χ0) is 29.5. The number of nitrogens with zero attached hydrogens (tertiary/aromatic N) is 4. The number of likely N-dealkylation sites (tertiary alicyclic amines) is 4. The zero-order valence-electron chi connectivity index (χ0n) is 27.7. The van der Waals surface area contributed by atoms with Crippen molar-refractivity contribution in [2.24, 2.45) is 22.7 Å². The molecule has 6 atom stereocenters. The Kier molecular flexibility index (Phi) is 10.2. The summed E-state index contributed by atoms with van der Waals surface area (Å²) in [6.45, 7) is 26.1. The summed E-state index contributed by atoms with van der Waals surface area (Å²) in [5.74, 6) is 1.27. The third-order valence-electron chi connectivity index (χ3n) is 13.2. The monoisotopic (exact) mass is 698 g/mol. The molecule has 2 N–H and O–H groups in total. The molecule has 0 aromatic rings. The molecular weight excluding hydrogens is 635 g/mol. The first kappa shape index (κ1) is 32.4. The van der Waals surface area contributed by atoms with Gasteiger partial charge in [-0.25, -0.2) is 0 Å². The van der Waals surface area contributed by atoms with Crippen LogP contribution in [-0.4, -0.2) is 126 Å². The van der Waals surface area contributed by atoms with Gasteiger partial charge in [-0.1, -0.05) is 22.6 Å². The molecule has 0 aromatic heterocycles. The summed E-state index contributed by atoms with van der Waals surface area (Å²) in [6, 6.07) is 1.29. The molecule has 0 amide bonds. The summed E-state index contributed by atoms with van der Waals surface area (Å²) < 4.78 is 7.52. The fraction of sp³-hybridized carbons (Fsp3) is 1.00. The van der Waals surface area contributed by atoms with Gasteiger partial charge in [-0.3, -0.25) is 9.80 Å². The number of halogens is 1. The number of nitrogens with one attached hydrogen (secondary N) is 2. The number of hydrogen-bond acceptors (Lipinski definition) is 7. The number of piperidine rings is 5. The van der Waals surface area contributed by atoms with Crippen LogP contribution in [0, 0.1) is 22.7 Å². The molecule has 242 valence electrons. The second-order valence-electron chi connectivity index (χ2n) is 16.0. The topological polar surface area (TPSA) is 46.2 Å². The van der Waals surface area contributed by atoms with Gasteiger partial charge in [0.1, 0.15) is 0 Å². The van der Waals surface area contributed by atoms with Crippen molar-refractivity contribution in [2.75, 3.05) is 78.6 Å². The van der Waals surface area contributed by atoms with E-state index in [0.29, 0.717) is 45.0 Å². The van der Waals surface area contributed by atoms with Crippen LogP contribution in [0.1, 0.15) is 86.0 Å². The molecule has 7 nitrogen and oxygen atoms in total. The fourth-order valence-corrected chi connectivity index (χ4v) is 10.8. The number of alkyl halides is 1. The van der Waals surface area contributed by atoms with Crippen LogP contribution < -0.4 is 10.6 Å². The van der Waals surface area contributed by atoms with Crippen LogP contribution in [0.25, 0.3) is 0 Å². The Balaban J connectivity index is 1.25. The van der Waals surface area contributed by atoms with E-state index in [-0.39, 0.29) is 5.60 Å². The van der Waals surface area contributed by atoms with E-state index in [1.807, 2.05) is 0 Å². The Morgan fingerprint density at radius 3 is 2.17 bits per heavy atom. The summed E-state index contributed by atoms with van der Waals surface area (Å²) in [7, 11) is 0. The number of rotatable bonds is 5. The first-order chi connectivity index (χ1) is 20.1. The Morgan fingerprint density at radius 2 is 1.48 bits per heavy atom. The average molecular weight is 699 g/mol. The molecule has 6 saturated heterocycles. The third-order valence-corrected chi connectivity index (χ3v) is 14.0. The van der Waals surface area contributed by atoms with Gasteiger partial charge < -0.3 is 25.2 Å². The highest BCUT2D eigenvalue weighted by molar-refractivity contribution is 14.1. The van der Waals surface area contributed by atoms with Crippen molar-refractivity contribution >= 4 is 22.6 Å². The quantitative estimate of drug-likeness (QED) is 0.250. The van der Waals surface area contributed by atoms with Crippen molar-refractivity contribution in [3.8, 4) is 0 Å². The highest BCUT2D eigenvalue weighted by atomic mass is 127. The molecule has 0 bridgehead atoms. The third kappa shape index (κ3) is 6.50. The van der Waals surface area contributed by atoms with Crippen LogP contribution >= 0.6 is 22.6 Å². The summed E-state index contributed by atoms with van der Waals surface area (Å²) in [5, 5.41) is 7.92. The van der Waals surface area contributed by atoms with Crippen molar-refractivity contribution in [1.29, 1.82) is 0 Å². The predicted molar refractivity (Wildman–Crippen MR) is 182 cm³/mol. The average Bonchev–Trinajstić information content (AvgIpc) is 2.98. The van der Waals surface area contributed by atoms with Crippen molar-refractivity contribution < 1.29 is 4.74 Å². The molecule has 6 fully saturated rings. The van der Waals surface area contributed by atoms with E-state index in [2.05, 4.69) is 87.4 Å². The molecular formula is C34H63IN6O. The highest BCUT2D eigenvalue weighted by Crippen LogP contribution is 2.54. The smallest absolute Gasteiger partial charge is 0.0862 e. The number of ether oxygens (including phenoxy) is 1. The van der Waals surface area contributed by atoms with E-state index < -0.39 is 0 Å². The first-order valence-electron chi connectivity index (χ1n) is 17.8. The highest BCUT2D eigenvalue weighted by Gasteiger charge is 2.57. The molecule has 3 spiro atoms. The van der Waals surface area contributed by atoms with E-state index in [4.69, 9.17) is 4.74 Å². The SMILES string of the molecule is CC(C)N1CCC2(CCCN(C3CC4(CCN3)CCN(C(C)I)CC4C3CN(C(C)C)CCC34CNCCO4)C2)CC1. The lowest BCUT2D eigenvalue weighted by Crippen LogP contribution is -2.69. The van der Waals surface area contributed by atoms with Gasteiger partial charge in [0, 0.05) is 57.3 Å². The Morgan fingerprint density at radius 1 is 0.762 bits per heavy atom. The van der Waals surface area contributed by atoms with E-state index in [0.717, 1.165) is 19.7 Å². The van der Waals surface area contributed by atoms with Crippen molar-refractivity contribution in [3.05, 3.63) is 0 Å². The predicted octanol–water partition coefficient (Wildman–Crippen LogP) is 4.46. The Hall–Kier alpha value is 0.450. The van der Waals surface area contributed by atoms with Gasteiger partial charge in [-0.2, -0.15) is 0 Å². The lowest BCUT2D eigenvalue weighted by Gasteiger charge is -2.61. The van der Waals surface area contributed by atoms with Crippen LogP contribution in [0.15, 0.2) is 0 Å². The molecule has 0 aromatic carbocycles. The van der Waals surface area contributed by atoms with Crippen LogP contribution in [0.2, 0.25) is 0 Å². The molecule has 8 heteroatoms. The normalized spacial score (nSPS) is 40.4. The second kappa shape index (κ2) is 13.3. The van der Waals surface area contributed by atoms with Crippen LogP contribution in [0.4, 0.5) is 0 Å². The van der Waals surface area contributed by atoms with E-state index in [9.17, 15) is 0 Å². The standard InChI is InChI=1S/C34H63IN6O/c1-26(2)38-16-9-32(10-17-38)7-6-15-41(25-32)31-21-33(8-13-37-31)11-18-40(28(5)35)22-29(33)30-23-39(27(3)4)19-12-34(30)24-36-14-20-42-34/h26-31,36-37H,6-25H2,1-5H3. The molecule has 0 saturated carbocycles. The van der Waals surface area contributed by atoms with Gasteiger partial charge in [0.15, 0.2) is 0 Å². The van der Waals surface area contributed by atoms with Gasteiger partial charge in [0.05, 0.1) is 22.4 Å². The zero-order valence-corrected chi connectivity index (χ0v) is 29.8. The molecule has 6 aliphatic rings. The molecule has 6 rings (SSSR count). The van der Waals surface area contributed by atoms with E-state index in [1.165, 1.54) is 110 Å². The minimum absolute atomic E-state index is 0.00122. The minimum Gasteiger partial charge on any atom is -0.372 e. The van der Waals surface area contributed by atoms with Crippen molar-refractivity contribution in [1.82, 2.24) is 30.2 Å². The summed E-state index contributed by atoms with van der Waals surface area (Å²) in [5.41, 5.74) is 0.947. The Bertz CT molecular complexity index is 887. The number of morpholine rings is 1. The number of hydrogen-bond donors (Lipinski definition) is 2. The molecule has 6 aliphatic heterocycles. The van der Waals surface area contributed by atoms with E-state index >= 15 is 0 Å². The largest absolute Gasteiger partial charge is 0.372 e. The first-order valence-corrected chi connectivity index (χ1v) is 19.1. The summed E-state index contributed by atoms with van der Waals surface area (Å²) >= 11 is 2.68. The van der Waals surface area contributed by atoms with Gasteiger partial charge in [-0.05, 0) is 135 Å². The summed E-state index contributed by atoms with van der Waals surface area (Å²) in [4.78, 5) is 11.2. The molecule has 0 radical (unpaired) electrons. The lowest BCUT2D eigenvalue weighted by atomic mass is 9.56. The van der Waals surface area contributed by atoms with Gasteiger partial charge in [0.25, 0.3) is 0 Å². The molecule has 6 heterocycles. The molecule has 6 unspecified atom stereocenters. The van der Waals surface area contributed by atoms with Gasteiger partial charge in [0.2, 0.25) is 0 Å². The van der Waals surface area contributed by atoms with E-state index in [1.54, 1.807) is 0 Å². The van der Waals surface area contributed by atoms with Crippen LogP contribution in [0.3, 0.4) is 0 Å². The maximum atomic E-state index is 6.93. The van der Waals surface area contributed by atoms with Gasteiger partial charge in [-0.15, -0.1) is 0 Å². The van der Waals surface area contributed by atoms with Crippen LogP contribution in [-0.2, 0) is 4.74 Å². The maximum Gasteiger partial charge on any atom is 0.0862 e. The van der Waals surface area contributed by atoms with Crippen molar-refractivity contribution in [3.63, 3.8) is 0 Å². The fourth-order valence-electron chi connectivity index (χ4n) is 10.3. The maximum absolute atomic E-state index is 6.93. The minimum atomic E-state index is -0.00122.